The zero-order valence-corrected chi connectivity index (χ0v) is 7.20. The van der Waals surface area contributed by atoms with Gasteiger partial charge in [0.1, 0.15) is 0 Å². The molecular weight excluding hydrogens is 198 g/mol. The van der Waals surface area contributed by atoms with E-state index in [2.05, 4.69) is 9.98 Å². The molecule has 0 radical (unpaired) electrons. The molecular formula is C4H3Cl3N2O. The van der Waals surface area contributed by atoms with E-state index in [1.54, 1.807) is 0 Å². The minimum Gasteiger partial charge on any atom is -0.269 e. The van der Waals surface area contributed by atoms with Gasteiger partial charge in [-0.1, -0.05) is 34.8 Å². The van der Waals surface area contributed by atoms with Crippen molar-refractivity contribution in [3.05, 3.63) is 0 Å². The third kappa shape index (κ3) is 3.18. The molecule has 0 N–H and O–H groups in total. The molecule has 0 rings (SSSR count). The van der Waals surface area contributed by atoms with E-state index in [-0.39, 0.29) is 5.84 Å². The molecule has 0 fully saturated rings. The second kappa shape index (κ2) is 3.94. The van der Waals surface area contributed by atoms with Gasteiger partial charge in [0.25, 0.3) is 3.79 Å². The summed E-state index contributed by atoms with van der Waals surface area (Å²) in [5, 5.41) is 0. The maximum absolute atomic E-state index is 9.67. The van der Waals surface area contributed by atoms with E-state index in [9.17, 15) is 4.79 Å². The first kappa shape index (κ1) is 9.92. The van der Waals surface area contributed by atoms with E-state index < -0.39 is 3.79 Å². The molecule has 0 aromatic rings. The predicted octanol–water partition coefficient (Wildman–Crippen LogP) is 1.72. The second-order valence-corrected chi connectivity index (χ2v) is 3.53. The summed E-state index contributed by atoms with van der Waals surface area (Å²) >= 11 is 15.9. The lowest BCUT2D eigenvalue weighted by Crippen LogP contribution is -2.16. The molecule has 0 heterocycles. The van der Waals surface area contributed by atoms with Gasteiger partial charge in [0.2, 0.25) is 6.08 Å². The highest BCUT2D eigenvalue weighted by atomic mass is 35.6. The molecule has 56 valence electrons. The van der Waals surface area contributed by atoms with Crippen LogP contribution < -0.4 is 0 Å². The number of alkyl halides is 3. The van der Waals surface area contributed by atoms with Crippen molar-refractivity contribution in [3.63, 3.8) is 0 Å². The fourth-order valence-corrected chi connectivity index (χ4v) is 0.664. The Kier molecular flexibility index (Phi) is 3.91. The van der Waals surface area contributed by atoms with Crippen molar-refractivity contribution >= 4 is 46.7 Å². The number of aliphatic imine (C=N–C) groups is 2. The molecule has 0 aliphatic rings. The summed E-state index contributed by atoms with van der Waals surface area (Å²) in [7, 11) is 1.36. The molecule has 6 heteroatoms. The van der Waals surface area contributed by atoms with E-state index >= 15 is 0 Å². The van der Waals surface area contributed by atoms with E-state index in [4.69, 9.17) is 34.8 Å². The quantitative estimate of drug-likeness (QED) is 0.255. The highest BCUT2D eigenvalue weighted by Crippen LogP contribution is 2.28. The van der Waals surface area contributed by atoms with Crippen LogP contribution in [0.4, 0.5) is 0 Å². The zero-order valence-electron chi connectivity index (χ0n) is 4.94. The Balaban J connectivity index is 4.55. The number of nitrogens with zero attached hydrogens (tertiary/aromatic N) is 2. The molecule has 0 saturated heterocycles. The van der Waals surface area contributed by atoms with Gasteiger partial charge in [-0.15, -0.1) is 4.99 Å². The lowest BCUT2D eigenvalue weighted by atomic mass is 10.7. The molecule has 0 amide bonds. The number of amidine groups is 1. The molecule has 3 nitrogen and oxygen atoms in total. The van der Waals surface area contributed by atoms with Gasteiger partial charge in [0.15, 0.2) is 5.84 Å². The van der Waals surface area contributed by atoms with E-state index in [1.807, 2.05) is 0 Å². The van der Waals surface area contributed by atoms with Crippen molar-refractivity contribution < 1.29 is 4.79 Å². The minimum atomic E-state index is -1.74. The molecule has 0 saturated carbocycles. The fourth-order valence-electron chi connectivity index (χ4n) is 0.283. The number of rotatable bonds is 0. The first-order valence-corrected chi connectivity index (χ1v) is 3.27. The molecule has 10 heavy (non-hydrogen) atoms. The largest absolute Gasteiger partial charge is 0.269 e. The van der Waals surface area contributed by atoms with Crippen LogP contribution in [0.3, 0.4) is 0 Å². The van der Waals surface area contributed by atoms with Gasteiger partial charge >= 0.3 is 0 Å². The molecule has 0 bridgehead atoms. The average Bonchev–Trinajstić information content (AvgIpc) is 1.80. The summed E-state index contributed by atoms with van der Waals surface area (Å²) in [6.07, 6.45) is 1.22. The van der Waals surface area contributed by atoms with Crippen LogP contribution in [-0.4, -0.2) is 22.8 Å². The maximum Gasteiger partial charge on any atom is 0.250 e. The van der Waals surface area contributed by atoms with Crippen LogP contribution in [0.1, 0.15) is 0 Å². The van der Waals surface area contributed by atoms with Gasteiger partial charge in [0.05, 0.1) is 0 Å². The van der Waals surface area contributed by atoms with E-state index in [0.29, 0.717) is 0 Å². The van der Waals surface area contributed by atoms with Gasteiger partial charge in [-0.05, 0) is 0 Å². The molecule has 0 aromatic carbocycles. The Labute approximate surface area is 72.7 Å². The Bertz CT molecular complexity index is 189. The molecule has 0 atom stereocenters. The molecule has 0 unspecified atom stereocenters. The number of hydrogen-bond acceptors (Lipinski definition) is 2. The summed E-state index contributed by atoms with van der Waals surface area (Å²) in [5.41, 5.74) is 0. The second-order valence-electron chi connectivity index (χ2n) is 1.25. The minimum absolute atomic E-state index is 0.174. The van der Waals surface area contributed by atoms with Gasteiger partial charge < -0.3 is 0 Å². The first-order valence-electron chi connectivity index (χ1n) is 2.14. The van der Waals surface area contributed by atoms with Crippen LogP contribution in [0, 0.1) is 0 Å². The van der Waals surface area contributed by atoms with Crippen LogP contribution in [0.25, 0.3) is 0 Å². The predicted molar refractivity (Wildman–Crippen MR) is 41.8 cm³/mol. The van der Waals surface area contributed by atoms with Crippen molar-refractivity contribution in [1.82, 2.24) is 0 Å². The van der Waals surface area contributed by atoms with Gasteiger partial charge in [-0.25, -0.2) is 4.79 Å². The van der Waals surface area contributed by atoms with Crippen molar-refractivity contribution in [2.45, 2.75) is 3.79 Å². The fraction of sp³-hybridized carbons (Fsp3) is 0.500. The van der Waals surface area contributed by atoms with Gasteiger partial charge in [-0.3, -0.25) is 4.99 Å². The molecule has 0 aliphatic carbocycles. The van der Waals surface area contributed by atoms with Crippen LogP contribution in [0.5, 0.6) is 0 Å². The van der Waals surface area contributed by atoms with Gasteiger partial charge in [-0.2, -0.15) is 0 Å². The van der Waals surface area contributed by atoms with Crippen molar-refractivity contribution in [1.29, 1.82) is 0 Å². The highest BCUT2D eigenvalue weighted by molar-refractivity contribution is 6.76. The smallest absolute Gasteiger partial charge is 0.250 e. The standard InChI is InChI=1S/C4H3Cl3N2O/c1-8-3(9-2-10)4(5,6)7/h1H3. The number of halogens is 3. The average molecular weight is 201 g/mol. The maximum atomic E-state index is 9.67. The monoisotopic (exact) mass is 200 g/mol. The summed E-state index contributed by atoms with van der Waals surface area (Å²) in [4.78, 5) is 16.2. The van der Waals surface area contributed by atoms with Crippen molar-refractivity contribution in [2.75, 3.05) is 7.05 Å². The Morgan fingerprint density at radius 3 is 2.10 bits per heavy atom. The lowest BCUT2D eigenvalue weighted by Gasteiger charge is -2.06. The first-order chi connectivity index (χ1) is 4.52. The summed E-state index contributed by atoms with van der Waals surface area (Å²) in [5.74, 6) is -0.174. The van der Waals surface area contributed by atoms with E-state index in [1.165, 1.54) is 13.1 Å². The SMILES string of the molecule is CN=C(N=C=O)C(Cl)(Cl)Cl. The van der Waals surface area contributed by atoms with Crippen LogP contribution in [0.15, 0.2) is 9.98 Å². The van der Waals surface area contributed by atoms with Crippen LogP contribution in [-0.2, 0) is 4.79 Å². The topological polar surface area (TPSA) is 41.8 Å². The van der Waals surface area contributed by atoms with Crippen LogP contribution in [0.2, 0.25) is 0 Å². The summed E-state index contributed by atoms with van der Waals surface area (Å²) in [6, 6.07) is 0. The van der Waals surface area contributed by atoms with Crippen molar-refractivity contribution in [2.24, 2.45) is 9.98 Å². The molecule has 0 aliphatic heterocycles. The molecule has 0 spiro atoms. The van der Waals surface area contributed by atoms with Gasteiger partial charge in [0, 0.05) is 7.05 Å². The number of hydrogen-bond donors (Lipinski definition) is 0. The summed E-state index contributed by atoms with van der Waals surface area (Å²) < 4.78 is -1.74. The van der Waals surface area contributed by atoms with Crippen LogP contribution >= 0.6 is 34.8 Å². The summed E-state index contributed by atoms with van der Waals surface area (Å²) in [6.45, 7) is 0. The number of carbonyl (C=O) groups excluding carboxylic acids is 1. The number of isocyanates is 1. The normalized spacial score (nSPS) is 12.6. The lowest BCUT2D eigenvalue weighted by molar-refractivity contribution is 0.565. The Morgan fingerprint density at radius 1 is 1.50 bits per heavy atom. The van der Waals surface area contributed by atoms with E-state index in [0.717, 1.165) is 0 Å². The zero-order chi connectivity index (χ0) is 8.20. The third-order valence-corrected chi connectivity index (χ3v) is 1.12. The Morgan fingerprint density at radius 2 is 2.00 bits per heavy atom. The Hall–Kier alpha value is -0.0800. The molecule has 0 aromatic heterocycles. The van der Waals surface area contributed by atoms with Crippen molar-refractivity contribution in [3.8, 4) is 0 Å². The third-order valence-electron chi connectivity index (χ3n) is 0.617. The highest BCUT2D eigenvalue weighted by Gasteiger charge is 2.27.